The second-order valence-corrected chi connectivity index (χ2v) is 6.62. The molecule has 0 atom stereocenters. The number of amides is 1. The maximum Gasteiger partial charge on any atom is 0.276 e. The van der Waals surface area contributed by atoms with E-state index in [0.717, 1.165) is 15.0 Å². The minimum absolute atomic E-state index is 0.245. The van der Waals surface area contributed by atoms with Crippen molar-refractivity contribution in [1.29, 1.82) is 0 Å². The number of hydrogen-bond acceptors (Lipinski definition) is 3. The maximum absolute atomic E-state index is 12.3. The highest BCUT2D eigenvalue weighted by Gasteiger charge is 2.19. The molecule has 0 fully saturated rings. The molecule has 1 amide bonds. The zero-order chi connectivity index (χ0) is 15.6. The summed E-state index contributed by atoms with van der Waals surface area (Å²) in [4.78, 5) is 12.3. The van der Waals surface area contributed by atoms with Gasteiger partial charge in [0.2, 0.25) is 0 Å². The topological polar surface area (TPSA) is 59.0 Å². The third-order valence-electron chi connectivity index (χ3n) is 2.71. The lowest BCUT2D eigenvalue weighted by molar-refractivity contribution is 0.0968. The Labute approximate surface area is 149 Å². The average Bonchev–Trinajstić information content (AvgIpc) is 2.66. The summed E-state index contributed by atoms with van der Waals surface area (Å²) in [5, 5.41) is 10.1. The van der Waals surface area contributed by atoms with Gasteiger partial charge < -0.3 is 5.32 Å². The van der Waals surface area contributed by atoms with Gasteiger partial charge in [-0.25, -0.2) is 0 Å². The molecule has 0 saturated carbocycles. The maximum atomic E-state index is 12.3. The van der Waals surface area contributed by atoms with Crippen LogP contribution in [0.2, 0.25) is 0 Å². The fourth-order valence-electron chi connectivity index (χ4n) is 1.76. The van der Waals surface area contributed by atoms with Gasteiger partial charge in [-0.1, -0.05) is 12.1 Å². The quantitative estimate of drug-likeness (QED) is 0.514. The molecule has 110 valence electrons. The van der Waals surface area contributed by atoms with Crippen molar-refractivity contribution in [3.63, 3.8) is 0 Å². The molecule has 0 spiro atoms. The summed E-state index contributed by atoms with van der Waals surface area (Å²) in [6, 6.07) is 7.68. The molecular formula is C13H12BrIN4OS. The molecule has 2 rings (SSSR count). The smallest absolute Gasteiger partial charge is 0.276 e. The lowest BCUT2D eigenvalue weighted by atomic mass is 10.3. The van der Waals surface area contributed by atoms with E-state index in [1.807, 2.05) is 31.2 Å². The number of aromatic nitrogens is 2. The molecule has 8 heteroatoms. The number of anilines is 1. The molecule has 0 unspecified atom stereocenters. The highest BCUT2D eigenvalue weighted by molar-refractivity contribution is 14.1. The van der Waals surface area contributed by atoms with Gasteiger partial charge in [-0.15, -0.1) is 0 Å². The Morgan fingerprint density at radius 3 is 2.67 bits per heavy atom. The standard InChI is InChI=1S/C13H12BrIN4OS/c1-7-10(14)11(19(2)18-7)12(20)17-13(21)16-9-6-4-3-5-8(9)15/h3-6H,1-2H3,(H2,16,17,20,21). The fourth-order valence-corrected chi connectivity index (χ4v) is 3.00. The predicted molar refractivity (Wildman–Crippen MR) is 98.5 cm³/mol. The van der Waals surface area contributed by atoms with Gasteiger partial charge in [-0.05, 0) is 69.8 Å². The van der Waals surface area contributed by atoms with Crippen molar-refractivity contribution in [1.82, 2.24) is 15.1 Å². The molecular weight excluding hydrogens is 467 g/mol. The highest BCUT2D eigenvalue weighted by atomic mass is 127. The van der Waals surface area contributed by atoms with Crippen LogP contribution in [0.25, 0.3) is 0 Å². The third kappa shape index (κ3) is 3.80. The van der Waals surface area contributed by atoms with E-state index in [-0.39, 0.29) is 11.0 Å². The number of benzene rings is 1. The average molecular weight is 479 g/mol. The summed E-state index contributed by atoms with van der Waals surface area (Å²) < 4.78 is 3.20. The van der Waals surface area contributed by atoms with Crippen LogP contribution < -0.4 is 10.6 Å². The SMILES string of the molecule is Cc1nn(C)c(C(=O)NC(=S)Nc2ccccc2I)c1Br. The lowest BCUT2D eigenvalue weighted by Crippen LogP contribution is -2.35. The molecule has 0 aliphatic rings. The van der Waals surface area contributed by atoms with Gasteiger partial charge in [0.05, 0.1) is 15.9 Å². The first-order chi connectivity index (χ1) is 9.90. The molecule has 0 aliphatic heterocycles. The number of thiocarbonyl (C=S) groups is 1. The summed E-state index contributed by atoms with van der Waals surface area (Å²) in [5.41, 5.74) is 2.03. The fraction of sp³-hybridized carbons (Fsp3) is 0.154. The predicted octanol–water partition coefficient (Wildman–Crippen LogP) is 3.22. The van der Waals surface area contributed by atoms with Crippen LogP contribution >= 0.6 is 50.7 Å². The zero-order valence-electron chi connectivity index (χ0n) is 11.3. The minimum Gasteiger partial charge on any atom is -0.332 e. The number of para-hydroxylation sites is 1. The van der Waals surface area contributed by atoms with Crippen molar-refractivity contribution in [2.75, 3.05) is 5.32 Å². The monoisotopic (exact) mass is 478 g/mol. The van der Waals surface area contributed by atoms with Crippen LogP contribution in [0.5, 0.6) is 0 Å². The molecule has 0 aliphatic carbocycles. The van der Waals surface area contributed by atoms with E-state index in [2.05, 4.69) is 54.3 Å². The van der Waals surface area contributed by atoms with E-state index in [1.165, 1.54) is 4.68 Å². The van der Waals surface area contributed by atoms with Crippen LogP contribution in [-0.4, -0.2) is 20.8 Å². The number of nitrogens with zero attached hydrogens (tertiary/aromatic N) is 2. The van der Waals surface area contributed by atoms with Gasteiger partial charge in [0.1, 0.15) is 5.69 Å². The minimum atomic E-state index is -0.312. The number of nitrogens with one attached hydrogen (secondary N) is 2. The molecule has 5 nitrogen and oxygen atoms in total. The molecule has 0 bridgehead atoms. The summed E-state index contributed by atoms with van der Waals surface area (Å²) in [6.07, 6.45) is 0. The molecule has 1 aromatic carbocycles. The van der Waals surface area contributed by atoms with Gasteiger partial charge in [-0.2, -0.15) is 5.10 Å². The second-order valence-electron chi connectivity index (χ2n) is 4.26. The number of aryl methyl sites for hydroxylation is 2. The molecule has 2 N–H and O–H groups in total. The number of carbonyl (C=O) groups excluding carboxylic acids is 1. The van der Waals surface area contributed by atoms with Crippen LogP contribution in [0.1, 0.15) is 16.2 Å². The van der Waals surface area contributed by atoms with Crippen LogP contribution in [0.3, 0.4) is 0 Å². The normalized spacial score (nSPS) is 10.3. The molecule has 0 saturated heterocycles. The Hall–Kier alpha value is -1.000. The van der Waals surface area contributed by atoms with Crippen molar-refractivity contribution in [3.8, 4) is 0 Å². The highest BCUT2D eigenvalue weighted by Crippen LogP contribution is 2.20. The van der Waals surface area contributed by atoms with E-state index in [4.69, 9.17) is 12.2 Å². The first kappa shape index (κ1) is 16.4. The molecule has 1 heterocycles. The van der Waals surface area contributed by atoms with E-state index in [1.54, 1.807) is 7.05 Å². The number of hydrogen-bond donors (Lipinski definition) is 2. The van der Waals surface area contributed by atoms with Crippen molar-refractivity contribution in [2.45, 2.75) is 6.92 Å². The number of rotatable bonds is 2. The van der Waals surface area contributed by atoms with Gasteiger partial charge >= 0.3 is 0 Å². The van der Waals surface area contributed by atoms with Crippen molar-refractivity contribution >= 4 is 67.4 Å². The van der Waals surface area contributed by atoms with Crippen LogP contribution in [0.4, 0.5) is 5.69 Å². The van der Waals surface area contributed by atoms with Gasteiger partial charge in [-0.3, -0.25) is 14.8 Å². The molecule has 1 aromatic heterocycles. The first-order valence-corrected chi connectivity index (χ1v) is 8.24. The van der Waals surface area contributed by atoms with Gasteiger partial charge in [0.25, 0.3) is 5.91 Å². The summed E-state index contributed by atoms with van der Waals surface area (Å²) in [7, 11) is 1.71. The molecule has 21 heavy (non-hydrogen) atoms. The molecule has 2 aromatic rings. The Morgan fingerprint density at radius 1 is 1.43 bits per heavy atom. The van der Waals surface area contributed by atoms with E-state index in [9.17, 15) is 4.79 Å². The summed E-state index contributed by atoms with van der Waals surface area (Å²) >= 11 is 10.7. The third-order valence-corrected chi connectivity index (χ3v) is 4.81. The Morgan fingerprint density at radius 2 is 2.10 bits per heavy atom. The van der Waals surface area contributed by atoms with Crippen LogP contribution in [0, 0.1) is 10.5 Å². The summed E-state index contributed by atoms with van der Waals surface area (Å²) in [5.74, 6) is -0.312. The second kappa shape index (κ2) is 6.84. The van der Waals surface area contributed by atoms with E-state index >= 15 is 0 Å². The van der Waals surface area contributed by atoms with Gasteiger partial charge in [0.15, 0.2) is 5.11 Å². The largest absolute Gasteiger partial charge is 0.332 e. The Balaban J connectivity index is 2.10. The number of carbonyl (C=O) groups is 1. The first-order valence-electron chi connectivity index (χ1n) is 5.96. The zero-order valence-corrected chi connectivity index (χ0v) is 15.8. The van der Waals surface area contributed by atoms with E-state index in [0.29, 0.717) is 10.2 Å². The Bertz CT molecular complexity index is 716. The van der Waals surface area contributed by atoms with Crippen molar-refractivity contribution in [2.24, 2.45) is 7.05 Å². The Kier molecular flexibility index (Phi) is 5.33. The van der Waals surface area contributed by atoms with E-state index < -0.39 is 0 Å². The number of halogens is 2. The van der Waals surface area contributed by atoms with Crippen molar-refractivity contribution in [3.05, 3.63) is 43.7 Å². The molecule has 0 radical (unpaired) electrons. The van der Waals surface area contributed by atoms with Gasteiger partial charge in [0, 0.05) is 10.6 Å². The summed E-state index contributed by atoms with van der Waals surface area (Å²) in [6.45, 7) is 1.82. The lowest BCUT2D eigenvalue weighted by Gasteiger charge is -2.11. The van der Waals surface area contributed by atoms with Crippen LogP contribution in [-0.2, 0) is 7.05 Å². The van der Waals surface area contributed by atoms with Crippen molar-refractivity contribution < 1.29 is 4.79 Å². The van der Waals surface area contributed by atoms with Crippen LogP contribution in [0.15, 0.2) is 28.7 Å².